The number of carbonyl (C=O) groups is 1. The van der Waals surface area contributed by atoms with Gasteiger partial charge in [0.15, 0.2) is 0 Å². The molecule has 176 valence electrons. The number of rotatable bonds is 9. The minimum Gasteiger partial charge on any atom is -0.481 e. The number of aromatic nitrogens is 1. The second-order valence-corrected chi connectivity index (χ2v) is 10.6. The molecule has 0 radical (unpaired) electrons. The van der Waals surface area contributed by atoms with Crippen LogP contribution in [0.25, 0.3) is 0 Å². The Kier molecular flexibility index (Phi) is 6.23. The van der Waals surface area contributed by atoms with Gasteiger partial charge in [0.1, 0.15) is 5.82 Å². The molecule has 6 heteroatoms. The van der Waals surface area contributed by atoms with Crippen LogP contribution in [0, 0.1) is 16.6 Å². The normalized spacial score (nSPS) is 25.8. The fraction of sp³-hybridized carbons (Fsp3) is 0.556. The molecule has 0 amide bonds. The summed E-state index contributed by atoms with van der Waals surface area (Å²) in [6.07, 6.45) is 7.92. The lowest BCUT2D eigenvalue weighted by Crippen LogP contribution is -2.52. The van der Waals surface area contributed by atoms with Gasteiger partial charge in [0.05, 0.1) is 11.6 Å². The molecule has 0 unspecified atom stereocenters. The lowest BCUT2D eigenvalue weighted by Gasteiger charge is -2.47. The molecule has 5 nitrogen and oxygen atoms in total. The van der Waals surface area contributed by atoms with E-state index in [9.17, 15) is 14.3 Å². The maximum absolute atomic E-state index is 13.4. The van der Waals surface area contributed by atoms with Gasteiger partial charge in [-0.15, -0.1) is 0 Å². The lowest BCUT2D eigenvalue weighted by atomic mass is 9.67. The summed E-state index contributed by atoms with van der Waals surface area (Å²) in [6.45, 7) is 3.40. The van der Waals surface area contributed by atoms with Crippen molar-refractivity contribution in [2.45, 2.75) is 56.9 Å². The van der Waals surface area contributed by atoms with Crippen LogP contribution < -0.4 is 5.32 Å². The molecule has 2 heterocycles. The Morgan fingerprint density at radius 3 is 2.48 bits per heavy atom. The molecular weight excluding hydrogens is 417 g/mol. The number of hydrogen-bond acceptors (Lipinski definition) is 4. The second kappa shape index (κ2) is 9.15. The summed E-state index contributed by atoms with van der Waals surface area (Å²) in [5.74, 6) is -0.353. The third-order valence-electron chi connectivity index (χ3n) is 8.31. The molecule has 0 spiro atoms. The Balaban J connectivity index is 1.23. The van der Waals surface area contributed by atoms with Crippen LogP contribution in [0.1, 0.15) is 55.7 Å². The Hall–Kier alpha value is -2.31. The molecule has 1 aliphatic heterocycles. The van der Waals surface area contributed by atoms with E-state index in [4.69, 9.17) is 0 Å². The van der Waals surface area contributed by atoms with E-state index in [1.54, 1.807) is 6.07 Å². The summed E-state index contributed by atoms with van der Waals surface area (Å²) in [7, 11) is 0. The van der Waals surface area contributed by atoms with Crippen molar-refractivity contribution >= 4 is 5.97 Å². The molecule has 2 aliphatic carbocycles. The van der Waals surface area contributed by atoms with E-state index in [-0.39, 0.29) is 11.2 Å². The molecule has 2 saturated carbocycles. The fourth-order valence-electron chi connectivity index (χ4n) is 5.80. The van der Waals surface area contributed by atoms with Gasteiger partial charge in [-0.1, -0.05) is 36.8 Å². The molecule has 1 aromatic carbocycles. The molecule has 33 heavy (non-hydrogen) atoms. The van der Waals surface area contributed by atoms with Gasteiger partial charge >= 0.3 is 5.97 Å². The van der Waals surface area contributed by atoms with Gasteiger partial charge < -0.3 is 15.3 Å². The first-order valence-electron chi connectivity index (χ1n) is 12.3. The van der Waals surface area contributed by atoms with Gasteiger partial charge in [-0.25, -0.2) is 4.39 Å². The van der Waals surface area contributed by atoms with Crippen LogP contribution >= 0.6 is 0 Å². The Bertz CT molecular complexity index is 953. The number of nitrogens with zero attached hydrogens (tertiary/aromatic N) is 2. The van der Waals surface area contributed by atoms with Crippen LogP contribution in [0.3, 0.4) is 0 Å². The van der Waals surface area contributed by atoms with Crippen LogP contribution in [-0.2, 0) is 11.2 Å². The summed E-state index contributed by atoms with van der Waals surface area (Å²) >= 11 is 0. The average Bonchev–Trinajstić information content (AvgIpc) is 3.58. The monoisotopic (exact) mass is 451 g/mol. The van der Waals surface area contributed by atoms with Crippen LogP contribution in [0.5, 0.6) is 0 Å². The third kappa shape index (κ3) is 4.97. The lowest BCUT2D eigenvalue weighted by molar-refractivity contribution is -0.156. The van der Waals surface area contributed by atoms with Crippen LogP contribution in [-0.4, -0.2) is 53.2 Å². The van der Waals surface area contributed by atoms with Crippen molar-refractivity contribution in [1.29, 1.82) is 0 Å². The Morgan fingerprint density at radius 2 is 1.88 bits per heavy atom. The van der Waals surface area contributed by atoms with E-state index in [0.717, 1.165) is 63.9 Å². The maximum Gasteiger partial charge on any atom is 0.310 e. The number of nitrogens with one attached hydrogen (secondary N) is 1. The number of piperidine rings is 1. The van der Waals surface area contributed by atoms with E-state index < -0.39 is 11.4 Å². The molecule has 1 aromatic heterocycles. The minimum absolute atomic E-state index is 0.0567. The van der Waals surface area contributed by atoms with E-state index in [2.05, 4.69) is 45.5 Å². The molecular formula is C27H34FN3O2. The van der Waals surface area contributed by atoms with Crippen LogP contribution in [0.15, 0.2) is 48.7 Å². The molecule has 5 rings (SSSR count). The Morgan fingerprint density at radius 1 is 1.12 bits per heavy atom. The van der Waals surface area contributed by atoms with E-state index in [0.29, 0.717) is 18.5 Å². The summed E-state index contributed by atoms with van der Waals surface area (Å²) in [6, 6.07) is 14.5. The quantitative estimate of drug-likeness (QED) is 0.597. The minimum atomic E-state index is -0.636. The van der Waals surface area contributed by atoms with Gasteiger partial charge in [0.2, 0.25) is 0 Å². The summed E-state index contributed by atoms with van der Waals surface area (Å²) < 4.78 is 13.4. The van der Waals surface area contributed by atoms with Gasteiger partial charge in [-0.05, 0) is 74.7 Å². The van der Waals surface area contributed by atoms with Crippen molar-refractivity contribution in [3.63, 3.8) is 0 Å². The highest BCUT2D eigenvalue weighted by atomic mass is 19.1. The van der Waals surface area contributed by atoms with Gasteiger partial charge in [-0.2, -0.15) is 0 Å². The zero-order chi connectivity index (χ0) is 22.9. The van der Waals surface area contributed by atoms with E-state index in [1.807, 2.05) is 0 Å². The first-order chi connectivity index (χ1) is 16.0. The van der Waals surface area contributed by atoms with Gasteiger partial charge in [0.25, 0.3) is 0 Å². The topological polar surface area (TPSA) is 65.5 Å². The van der Waals surface area contributed by atoms with Gasteiger partial charge in [0, 0.05) is 30.7 Å². The largest absolute Gasteiger partial charge is 0.481 e. The second-order valence-electron chi connectivity index (χ2n) is 10.6. The highest BCUT2D eigenvalue weighted by molar-refractivity contribution is 5.76. The number of hydrogen-bond donors (Lipinski definition) is 2. The molecule has 1 saturated heterocycles. The van der Waals surface area contributed by atoms with Gasteiger partial charge in [-0.3, -0.25) is 9.78 Å². The standard InChI is InChI=1S/C27H34FN3O2/c28-21-7-8-22(29-17-21)16-26(18-30-24-15-23(24)20-5-2-1-3-6-20)11-13-31(14-12-26)19-27(25(32)33)9-4-10-27/h1-3,5-8,17,23-24,30H,4,9-16,18-19H2,(H,32,33)/t23-,24+/m0/s1. The van der Waals surface area contributed by atoms with Crippen LogP contribution in [0.4, 0.5) is 4.39 Å². The number of carboxylic acid groups (broad SMARTS) is 1. The van der Waals surface area contributed by atoms with Crippen LogP contribution in [0.2, 0.25) is 0 Å². The highest BCUT2D eigenvalue weighted by Crippen LogP contribution is 2.45. The number of pyridine rings is 1. The number of halogens is 1. The summed E-state index contributed by atoms with van der Waals surface area (Å²) in [5.41, 5.74) is 1.86. The zero-order valence-electron chi connectivity index (χ0n) is 19.2. The van der Waals surface area contributed by atoms with E-state index >= 15 is 0 Å². The number of likely N-dealkylation sites (tertiary alicyclic amines) is 1. The molecule has 3 aliphatic rings. The van der Waals surface area contributed by atoms with Crippen molar-refractivity contribution in [1.82, 2.24) is 15.2 Å². The van der Waals surface area contributed by atoms with Crippen molar-refractivity contribution in [2.24, 2.45) is 10.8 Å². The average molecular weight is 452 g/mol. The zero-order valence-corrected chi connectivity index (χ0v) is 19.2. The van der Waals surface area contributed by atoms with E-state index in [1.165, 1.54) is 24.2 Å². The first-order valence-corrected chi connectivity index (χ1v) is 12.3. The molecule has 2 atom stereocenters. The third-order valence-corrected chi connectivity index (χ3v) is 8.31. The number of carboxylic acids is 1. The van der Waals surface area contributed by atoms with Crippen molar-refractivity contribution in [3.05, 3.63) is 65.7 Å². The maximum atomic E-state index is 13.4. The smallest absolute Gasteiger partial charge is 0.310 e. The fourth-order valence-corrected chi connectivity index (χ4v) is 5.80. The predicted octanol–water partition coefficient (Wildman–Crippen LogP) is 4.25. The molecule has 2 aromatic rings. The molecule has 2 N–H and O–H groups in total. The SMILES string of the molecule is O=C(O)C1(CN2CCC(CN[C@@H]3C[C@H]3c3ccccc3)(Cc3ccc(F)cn3)CC2)CCC1. The highest BCUT2D eigenvalue weighted by Gasteiger charge is 2.47. The number of benzene rings is 1. The molecule has 0 bridgehead atoms. The van der Waals surface area contributed by atoms with Crippen molar-refractivity contribution < 1.29 is 14.3 Å². The predicted molar refractivity (Wildman–Crippen MR) is 126 cm³/mol. The first kappa shape index (κ1) is 22.5. The van der Waals surface area contributed by atoms with Crippen molar-refractivity contribution in [2.75, 3.05) is 26.2 Å². The summed E-state index contributed by atoms with van der Waals surface area (Å²) in [4.78, 5) is 18.5. The number of aliphatic carboxylic acids is 1. The Labute approximate surface area is 195 Å². The summed E-state index contributed by atoms with van der Waals surface area (Å²) in [5, 5.41) is 13.6. The van der Waals surface area contributed by atoms with Crippen molar-refractivity contribution in [3.8, 4) is 0 Å². The molecule has 3 fully saturated rings.